The monoisotopic (exact) mass is 319 g/mol. The Labute approximate surface area is 110 Å². The first kappa shape index (κ1) is 13.7. The summed E-state index contributed by atoms with van der Waals surface area (Å²) in [5, 5.41) is 9.18. The minimum absolute atomic E-state index is 0. The van der Waals surface area contributed by atoms with Crippen LogP contribution in [0.1, 0.15) is 38.5 Å². The molecule has 0 amide bonds. The van der Waals surface area contributed by atoms with E-state index in [1.165, 1.54) is 7.11 Å². The van der Waals surface area contributed by atoms with E-state index in [0.717, 1.165) is 0 Å². The molecule has 5 heteroatoms. The Morgan fingerprint density at radius 2 is 1.38 bits per heavy atom. The van der Waals surface area contributed by atoms with Gasteiger partial charge in [-0.15, -0.1) is 0 Å². The minimum atomic E-state index is -0.694. The zero-order chi connectivity index (χ0) is 11.1. The van der Waals surface area contributed by atoms with Crippen LogP contribution in [-0.4, -0.2) is 24.2 Å². The van der Waals surface area contributed by atoms with E-state index >= 15 is 0 Å². The molecule has 0 saturated heterocycles. The Morgan fingerprint density at radius 3 is 1.69 bits per heavy atom. The maximum absolute atomic E-state index is 11.6. The number of ether oxygens (including phenoxy) is 1. The average molecular weight is 320 g/mol. The molecular formula is C11H16AgO4. The molecule has 4 nitrogen and oxygen atoms in total. The number of hydrogen-bond acceptors (Lipinski definition) is 3. The van der Waals surface area contributed by atoms with Gasteiger partial charge in [-0.05, 0) is 38.5 Å². The molecule has 0 heterocycles. The van der Waals surface area contributed by atoms with Gasteiger partial charge in [0.1, 0.15) is 0 Å². The van der Waals surface area contributed by atoms with E-state index in [9.17, 15) is 14.7 Å². The van der Waals surface area contributed by atoms with Crippen molar-refractivity contribution in [2.24, 2.45) is 10.8 Å². The van der Waals surface area contributed by atoms with Gasteiger partial charge in [-0.3, -0.25) is 9.59 Å². The Bertz CT molecular complexity index is 289. The van der Waals surface area contributed by atoms with Crippen LogP contribution in [0.15, 0.2) is 0 Å². The van der Waals surface area contributed by atoms with Crippen molar-refractivity contribution in [1.82, 2.24) is 0 Å². The molecule has 0 aromatic carbocycles. The maximum Gasteiger partial charge on any atom is 0.311 e. The van der Waals surface area contributed by atoms with Gasteiger partial charge < -0.3 is 9.84 Å². The Balaban J connectivity index is 0.00000128. The summed E-state index contributed by atoms with van der Waals surface area (Å²) >= 11 is 0. The van der Waals surface area contributed by atoms with Crippen molar-refractivity contribution in [2.45, 2.75) is 38.5 Å². The fourth-order valence-corrected chi connectivity index (χ4v) is 3.03. The van der Waals surface area contributed by atoms with Crippen LogP contribution in [0.3, 0.4) is 0 Å². The molecule has 3 aliphatic rings. The Kier molecular flexibility index (Phi) is 3.87. The van der Waals surface area contributed by atoms with Crippen molar-refractivity contribution >= 4 is 11.9 Å². The van der Waals surface area contributed by atoms with Crippen LogP contribution in [0.25, 0.3) is 0 Å². The minimum Gasteiger partial charge on any atom is -0.481 e. The predicted molar refractivity (Wildman–Crippen MR) is 52.2 cm³/mol. The molecule has 3 aliphatic carbocycles. The Hall–Kier alpha value is -0.320. The van der Waals surface area contributed by atoms with Crippen molar-refractivity contribution in [3.8, 4) is 0 Å². The molecule has 1 N–H and O–H groups in total. The van der Waals surface area contributed by atoms with Gasteiger partial charge in [0.15, 0.2) is 0 Å². The van der Waals surface area contributed by atoms with Crippen molar-refractivity contribution in [3.63, 3.8) is 0 Å². The number of fused-ring (bicyclic) bond motifs is 3. The SMILES string of the molecule is COC(=O)C12CCC(C(=O)O)(CC1)CC2.[Ag]. The molecule has 0 spiro atoms. The quantitative estimate of drug-likeness (QED) is 0.620. The molecule has 0 atom stereocenters. The third-order valence-electron chi connectivity index (χ3n) is 4.32. The van der Waals surface area contributed by atoms with E-state index in [0.29, 0.717) is 38.5 Å². The van der Waals surface area contributed by atoms with Gasteiger partial charge >= 0.3 is 11.9 Å². The van der Waals surface area contributed by atoms with Gasteiger partial charge in [-0.2, -0.15) is 0 Å². The van der Waals surface area contributed by atoms with Crippen LogP contribution in [-0.2, 0) is 36.7 Å². The zero-order valence-electron chi connectivity index (χ0n) is 9.22. The van der Waals surface area contributed by atoms with E-state index in [2.05, 4.69) is 0 Å². The van der Waals surface area contributed by atoms with Crippen LogP contribution in [0.5, 0.6) is 0 Å². The number of methoxy groups -OCH3 is 1. The number of rotatable bonds is 2. The van der Waals surface area contributed by atoms with Gasteiger partial charge in [-0.1, -0.05) is 0 Å². The van der Waals surface area contributed by atoms with Crippen LogP contribution in [0.2, 0.25) is 0 Å². The average Bonchev–Trinajstić information content (AvgIpc) is 2.30. The second-order valence-electron chi connectivity index (χ2n) is 4.86. The van der Waals surface area contributed by atoms with Crippen LogP contribution >= 0.6 is 0 Å². The second-order valence-corrected chi connectivity index (χ2v) is 4.86. The van der Waals surface area contributed by atoms with E-state index in [-0.39, 0.29) is 33.8 Å². The van der Waals surface area contributed by atoms with Gasteiger partial charge in [0.2, 0.25) is 0 Å². The van der Waals surface area contributed by atoms with Gasteiger partial charge in [0, 0.05) is 22.4 Å². The molecule has 16 heavy (non-hydrogen) atoms. The first-order valence-corrected chi connectivity index (χ1v) is 5.37. The van der Waals surface area contributed by atoms with Crippen molar-refractivity contribution < 1.29 is 41.8 Å². The summed E-state index contributed by atoms with van der Waals surface area (Å²) in [7, 11) is 1.41. The van der Waals surface area contributed by atoms with Gasteiger partial charge in [-0.25, -0.2) is 0 Å². The summed E-state index contributed by atoms with van der Waals surface area (Å²) in [6.45, 7) is 0. The first-order chi connectivity index (χ1) is 7.05. The number of carboxylic acids is 1. The molecule has 2 bridgehead atoms. The number of carbonyl (C=O) groups is 2. The normalized spacial score (nSPS) is 36.3. The molecule has 0 unspecified atom stereocenters. The van der Waals surface area contributed by atoms with Crippen molar-refractivity contribution in [2.75, 3.05) is 7.11 Å². The summed E-state index contributed by atoms with van der Waals surface area (Å²) < 4.78 is 4.82. The number of carbonyl (C=O) groups excluding carboxylic acids is 1. The van der Waals surface area contributed by atoms with Crippen molar-refractivity contribution in [1.29, 1.82) is 0 Å². The molecule has 3 rings (SSSR count). The molecule has 0 aromatic rings. The van der Waals surface area contributed by atoms with Crippen LogP contribution < -0.4 is 0 Å². The van der Waals surface area contributed by atoms with E-state index in [4.69, 9.17) is 4.74 Å². The van der Waals surface area contributed by atoms with E-state index < -0.39 is 11.4 Å². The van der Waals surface area contributed by atoms with Gasteiger partial charge in [0.05, 0.1) is 17.9 Å². The predicted octanol–water partition coefficient (Wildman–Crippen LogP) is 1.58. The fourth-order valence-electron chi connectivity index (χ4n) is 3.03. The number of aliphatic carboxylic acids is 1. The Morgan fingerprint density at radius 1 is 1.00 bits per heavy atom. The first-order valence-electron chi connectivity index (χ1n) is 5.37. The maximum atomic E-state index is 11.6. The van der Waals surface area contributed by atoms with Crippen molar-refractivity contribution in [3.05, 3.63) is 0 Å². The van der Waals surface area contributed by atoms with E-state index in [1.54, 1.807) is 0 Å². The molecule has 0 aliphatic heterocycles. The molecule has 3 saturated carbocycles. The second kappa shape index (κ2) is 4.51. The molecule has 0 aromatic heterocycles. The standard InChI is InChI=1S/C11H16O4.Ag/c1-15-9(14)11-5-2-10(3-6-11,4-7-11)8(12)13;/h2-7H2,1H3,(H,12,13);. The molecule has 95 valence electrons. The molecule has 3 fully saturated rings. The summed E-state index contributed by atoms with van der Waals surface area (Å²) in [4.78, 5) is 22.8. The summed E-state index contributed by atoms with van der Waals surface area (Å²) in [6, 6.07) is 0. The smallest absolute Gasteiger partial charge is 0.311 e. The topological polar surface area (TPSA) is 63.6 Å². The van der Waals surface area contributed by atoms with Gasteiger partial charge in [0.25, 0.3) is 0 Å². The number of carboxylic acid groups (broad SMARTS) is 1. The largest absolute Gasteiger partial charge is 0.481 e. The fraction of sp³-hybridized carbons (Fsp3) is 0.818. The zero-order valence-corrected chi connectivity index (χ0v) is 10.7. The summed E-state index contributed by atoms with van der Waals surface area (Å²) in [5.41, 5.74) is -0.915. The van der Waals surface area contributed by atoms with Crippen LogP contribution in [0.4, 0.5) is 0 Å². The van der Waals surface area contributed by atoms with E-state index in [1.807, 2.05) is 0 Å². The number of hydrogen-bond donors (Lipinski definition) is 1. The summed E-state index contributed by atoms with van der Waals surface area (Å²) in [5.74, 6) is -0.846. The van der Waals surface area contributed by atoms with Crippen LogP contribution in [0, 0.1) is 10.8 Å². The third kappa shape index (κ3) is 1.83. The molecule has 1 radical (unpaired) electrons. The number of esters is 1. The summed E-state index contributed by atoms with van der Waals surface area (Å²) in [6.07, 6.45) is 3.89. The third-order valence-corrected chi connectivity index (χ3v) is 4.32. The molecular weight excluding hydrogens is 304 g/mol.